The quantitative estimate of drug-likeness (QED) is 0.132. The number of allylic oxidation sites excluding steroid dienone is 3. The first kappa shape index (κ1) is 36.3. The van der Waals surface area contributed by atoms with Crippen molar-refractivity contribution in [2.24, 2.45) is 5.92 Å². The largest absolute Gasteiger partial charge is 0.399 e. The van der Waals surface area contributed by atoms with Gasteiger partial charge in [0.05, 0.1) is 18.3 Å². The number of benzene rings is 3. The van der Waals surface area contributed by atoms with Crippen LogP contribution in [0, 0.1) is 5.92 Å². The third-order valence-electron chi connectivity index (χ3n) is 9.68. The molecule has 9 nitrogen and oxygen atoms in total. The normalized spacial score (nSPS) is 19.3. The number of aliphatic hydroxyl groups is 2. The highest BCUT2D eigenvalue weighted by atomic mass is 16.3. The molecule has 0 saturated heterocycles. The van der Waals surface area contributed by atoms with Gasteiger partial charge in [0.1, 0.15) is 0 Å². The first-order chi connectivity index (χ1) is 23.9. The Bertz CT molecular complexity index is 1820. The van der Waals surface area contributed by atoms with E-state index in [1.165, 1.54) is 5.57 Å². The average Bonchev–Trinajstić information content (AvgIpc) is 3.32. The van der Waals surface area contributed by atoms with Crippen molar-refractivity contribution in [1.82, 2.24) is 4.90 Å². The molecule has 9 heteroatoms. The molecule has 0 radical (unpaired) electrons. The van der Waals surface area contributed by atoms with E-state index in [0.717, 1.165) is 29.5 Å². The standard InChI is InChI=1S/C41H48N4O5/c1-27(2)9-7-10-28(3)21-22-44-37-20-19-34(43-39(48)30-15-17-33(42)18-16-30)24-36(37)41(50,40(44)49)29(4)11-8-14-38(47)45-25-32-13-6-5-12-31(32)23-35(45)26-46/h5-6,8-9,11-13,15-21,24,29,35,46,50H,7,10,14,22-23,25-26,42H2,1-4H3,(H,43,48)/b11-8+,28-21+/t29-,35+,41+/m1/s1. The van der Waals surface area contributed by atoms with Crippen molar-refractivity contribution in [2.75, 3.05) is 29.1 Å². The van der Waals surface area contributed by atoms with E-state index in [2.05, 4.69) is 25.2 Å². The van der Waals surface area contributed by atoms with Crippen LogP contribution in [0.4, 0.5) is 17.1 Å². The molecule has 5 N–H and O–H groups in total. The molecule has 3 aromatic rings. The molecule has 3 aromatic carbocycles. The summed E-state index contributed by atoms with van der Waals surface area (Å²) < 4.78 is 0. The maximum absolute atomic E-state index is 14.2. The minimum atomic E-state index is -1.95. The number of rotatable bonds is 12. The molecule has 2 aliphatic rings. The zero-order valence-corrected chi connectivity index (χ0v) is 29.4. The molecule has 0 fully saturated rings. The average molecular weight is 677 g/mol. The van der Waals surface area contributed by atoms with E-state index in [1.54, 1.807) is 71.3 Å². The first-order valence-electron chi connectivity index (χ1n) is 17.2. The van der Waals surface area contributed by atoms with Crippen LogP contribution in [-0.4, -0.2) is 52.0 Å². The van der Waals surface area contributed by atoms with Crippen molar-refractivity contribution in [1.29, 1.82) is 0 Å². The summed E-state index contributed by atoms with van der Waals surface area (Å²) in [6.45, 7) is 8.47. The molecule has 0 unspecified atom stereocenters. The fourth-order valence-corrected chi connectivity index (χ4v) is 6.65. The molecule has 2 heterocycles. The van der Waals surface area contributed by atoms with E-state index in [9.17, 15) is 24.6 Å². The van der Waals surface area contributed by atoms with Crippen LogP contribution in [0.2, 0.25) is 0 Å². The zero-order chi connectivity index (χ0) is 36.0. The first-order valence-corrected chi connectivity index (χ1v) is 17.2. The molecule has 0 bridgehead atoms. The van der Waals surface area contributed by atoms with E-state index in [1.807, 2.05) is 37.3 Å². The van der Waals surface area contributed by atoms with E-state index < -0.39 is 17.4 Å². The Kier molecular flexibility index (Phi) is 11.4. The second-order valence-corrected chi connectivity index (χ2v) is 13.6. The summed E-state index contributed by atoms with van der Waals surface area (Å²) in [7, 11) is 0. The third-order valence-corrected chi connectivity index (χ3v) is 9.68. The highest BCUT2D eigenvalue weighted by Gasteiger charge is 2.52. The van der Waals surface area contributed by atoms with Crippen LogP contribution in [0.15, 0.2) is 102 Å². The van der Waals surface area contributed by atoms with E-state index >= 15 is 0 Å². The van der Waals surface area contributed by atoms with Crippen molar-refractivity contribution in [3.05, 3.63) is 124 Å². The molecular weight excluding hydrogens is 628 g/mol. The van der Waals surface area contributed by atoms with Gasteiger partial charge >= 0.3 is 0 Å². The molecule has 3 amide bonds. The number of hydrogen-bond donors (Lipinski definition) is 4. The maximum Gasteiger partial charge on any atom is 0.264 e. The van der Waals surface area contributed by atoms with Crippen LogP contribution in [0.1, 0.15) is 74.0 Å². The maximum atomic E-state index is 14.2. The Balaban J connectivity index is 1.38. The Morgan fingerprint density at radius 1 is 1.04 bits per heavy atom. The van der Waals surface area contributed by atoms with Gasteiger partial charge < -0.3 is 31.1 Å². The van der Waals surface area contributed by atoms with Crippen molar-refractivity contribution < 1.29 is 24.6 Å². The fourth-order valence-electron chi connectivity index (χ4n) is 6.65. The lowest BCUT2D eigenvalue weighted by Gasteiger charge is -2.36. The summed E-state index contributed by atoms with van der Waals surface area (Å²) in [4.78, 5) is 43.9. The van der Waals surface area contributed by atoms with Gasteiger partial charge in [-0.25, -0.2) is 0 Å². The number of nitrogen functional groups attached to an aromatic ring is 1. The van der Waals surface area contributed by atoms with E-state index in [-0.39, 0.29) is 37.4 Å². The molecular formula is C41H48N4O5. The van der Waals surface area contributed by atoms with Gasteiger partial charge in [-0.3, -0.25) is 14.4 Å². The van der Waals surface area contributed by atoms with Gasteiger partial charge in [-0.2, -0.15) is 0 Å². The number of aliphatic hydroxyl groups excluding tert-OH is 1. The lowest BCUT2D eigenvalue weighted by molar-refractivity contribution is -0.139. The Labute approximate surface area is 294 Å². The van der Waals surface area contributed by atoms with Crippen LogP contribution in [0.5, 0.6) is 0 Å². The van der Waals surface area contributed by atoms with Crippen LogP contribution in [0.25, 0.3) is 0 Å². The SMILES string of the molecule is CC(C)=CCC/C(C)=C/CN1C(=O)[C@](O)([C@H](C)/C=C/CC(=O)N2Cc3ccccc3C[C@H]2CO)c2cc(NC(=O)c3ccc(N)cc3)ccc21. The van der Waals surface area contributed by atoms with Crippen molar-refractivity contribution in [3.63, 3.8) is 0 Å². The van der Waals surface area contributed by atoms with Crippen LogP contribution in [-0.2, 0) is 28.2 Å². The second kappa shape index (κ2) is 15.7. The minimum absolute atomic E-state index is 0.0507. The topological polar surface area (TPSA) is 136 Å². The lowest BCUT2D eigenvalue weighted by Crippen LogP contribution is -2.46. The molecule has 0 saturated carbocycles. The molecule has 262 valence electrons. The number of nitrogens with two attached hydrogens (primary N) is 1. The van der Waals surface area contributed by atoms with Crippen LogP contribution in [0.3, 0.4) is 0 Å². The van der Waals surface area contributed by atoms with Crippen LogP contribution >= 0.6 is 0 Å². The summed E-state index contributed by atoms with van der Waals surface area (Å²) in [5, 5.41) is 25.2. The number of nitrogens with zero attached hydrogens (tertiary/aromatic N) is 2. The van der Waals surface area contributed by atoms with Gasteiger partial charge in [0.25, 0.3) is 11.8 Å². The van der Waals surface area contributed by atoms with Crippen molar-refractivity contribution >= 4 is 34.8 Å². The van der Waals surface area contributed by atoms with Gasteiger partial charge in [0, 0.05) is 47.9 Å². The number of fused-ring (bicyclic) bond motifs is 2. The summed E-state index contributed by atoms with van der Waals surface area (Å²) in [5.41, 5.74) is 10.7. The fraction of sp³-hybridized carbons (Fsp3) is 0.341. The number of hydrogen-bond acceptors (Lipinski definition) is 6. The Hall–Kier alpha value is -4.99. The van der Waals surface area contributed by atoms with Crippen molar-refractivity contribution in [2.45, 2.75) is 71.6 Å². The van der Waals surface area contributed by atoms with Gasteiger partial charge in [-0.1, -0.05) is 66.6 Å². The summed E-state index contributed by atoms with van der Waals surface area (Å²) in [6, 6.07) is 19.3. The molecule has 3 atom stereocenters. The number of amides is 3. The van der Waals surface area contributed by atoms with Gasteiger partial charge in [-0.05, 0) is 93.6 Å². The summed E-state index contributed by atoms with van der Waals surface area (Å²) >= 11 is 0. The number of carbonyl (C=O) groups is 3. The molecule has 0 spiro atoms. The molecule has 0 aromatic heterocycles. The van der Waals surface area contributed by atoms with Gasteiger partial charge in [-0.15, -0.1) is 0 Å². The predicted octanol–water partition coefficient (Wildman–Crippen LogP) is 6.28. The van der Waals surface area contributed by atoms with Crippen molar-refractivity contribution in [3.8, 4) is 0 Å². The Morgan fingerprint density at radius 3 is 2.46 bits per heavy atom. The summed E-state index contributed by atoms with van der Waals surface area (Å²) in [6.07, 6.45) is 9.97. The van der Waals surface area contributed by atoms with Gasteiger partial charge in [0.2, 0.25) is 5.91 Å². The van der Waals surface area contributed by atoms with E-state index in [4.69, 9.17) is 5.73 Å². The second-order valence-electron chi connectivity index (χ2n) is 13.6. The highest BCUT2D eigenvalue weighted by Crippen LogP contribution is 2.46. The molecule has 50 heavy (non-hydrogen) atoms. The molecule has 5 rings (SSSR count). The summed E-state index contributed by atoms with van der Waals surface area (Å²) in [5.74, 6) is -1.68. The third kappa shape index (κ3) is 7.90. The van der Waals surface area contributed by atoms with E-state index in [0.29, 0.717) is 41.2 Å². The highest BCUT2D eigenvalue weighted by molar-refractivity contribution is 6.09. The minimum Gasteiger partial charge on any atom is -0.399 e. The number of nitrogens with one attached hydrogen (secondary N) is 1. The Morgan fingerprint density at radius 2 is 1.76 bits per heavy atom. The lowest BCUT2D eigenvalue weighted by atomic mass is 9.82. The smallest absolute Gasteiger partial charge is 0.264 e. The predicted molar refractivity (Wildman–Crippen MR) is 198 cm³/mol. The monoisotopic (exact) mass is 676 g/mol. The molecule has 2 aliphatic heterocycles. The zero-order valence-electron chi connectivity index (χ0n) is 29.4. The van der Waals surface area contributed by atoms with Gasteiger partial charge in [0.15, 0.2) is 5.60 Å². The number of carbonyl (C=O) groups excluding carboxylic acids is 3. The molecule has 0 aliphatic carbocycles. The number of anilines is 3. The van der Waals surface area contributed by atoms with Crippen LogP contribution < -0.4 is 16.0 Å².